The lowest BCUT2D eigenvalue weighted by Gasteiger charge is -2.36. The lowest BCUT2D eigenvalue weighted by atomic mass is 9.78. The monoisotopic (exact) mass is 250 g/mol. The second kappa shape index (κ2) is 5.87. The van der Waals surface area contributed by atoms with Crippen molar-refractivity contribution < 1.29 is 4.79 Å². The smallest absolute Gasteiger partial charge is 0.225 e. The Hall–Kier alpha value is -0.830. The van der Waals surface area contributed by atoms with Crippen LogP contribution in [-0.2, 0) is 4.79 Å². The van der Waals surface area contributed by atoms with Crippen LogP contribution in [0, 0.1) is 11.8 Å². The van der Waals surface area contributed by atoms with Gasteiger partial charge in [-0.3, -0.25) is 4.79 Å². The third kappa shape index (κ3) is 3.14. The zero-order valence-electron chi connectivity index (χ0n) is 11.8. The molecule has 18 heavy (non-hydrogen) atoms. The third-order valence-corrected chi connectivity index (χ3v) is 4.59. The van der Waals surface area contributed by atoms with Crippen molar-refractivity contribution in [2.45, 2.75) is 32.6 Å². The summed E-state index contributed by atoms with van der Waals surface area (Å²) in [6.45, 7) is 10.0. The Kier molecular flexibility index (Phi) is 4.44. The molecule has 0 N–H and O–H groups in total. The van der Waals surface area contributed by atoms with Gasteiger partial charge in [0.05, 0.1) is 0 Å². The fourth-order valence-corrected chi connectivity index (χ4v) is 3.12. The largest absolute Gasteiger partial charge is 0.340 e. The average molecular weight is 250 g/mol. The Bertz CT molecular complexity index is 310. The van der Waals surface area contributed by atoms with E-state index in [0.29, 0.717) is 11.8 Å². The van der Waals surface area contributed by atoms with Crippen molar-refractivity contribution in [3.8, 4) is 0 Å². The van der Waals surface area contributed by atoms with Gasteiger partial charge < -0.3 is 9.80 Å². The SMILES string of the molecule is C=C(C)C1CCC(C(=O)N2CCN(C)CC2)CC1. The molecule has 1 heterocycles. The summed E-state index contributed by atoms with van der Waals surface area (Å²) in [6.07, 6.45) is 4.42. The minimum absolute atomic E-state index is 0.281. The van der Waals surface area contributed by atoms with Gasteiger partial charge in [0.15, 0.2) is 0 Å². The summed E-state index contributed by atoms with van der Waals surface area (Å²) in [5.41, 5.74) is 1.29. The maximum atomic E-state index is 12.4. The first-order chi connectivity index (χ1) is 8.58. The lowest BCUT2D eigenvalue weighted by Crippen LogP contribution is -2.49. The van der Waals surface area contributed by atoms with Gasteiger partial charge in [-0.25, -0.2) is 0 Å². The van der Waals surface area contributed by atoms with Crippen LogP contribution in [0.15, 0.2) is 12.2 Å². The van der Waals surface area contributed by atoms with Crippen molar-refractivity contribution in [3.05, 3.63) is 12.2 Å². The van der Waals surface area contributed by atoms with E-state index in [1.54, 1.807) is 0 Å². The number of allylic oxidation sites excluding steroid dienone is 1. The molecule has 0 aromatic rings. The van der Waals surface area contributed by atoms with E-state index in [9.17, 15) is 4.79 Å². The van der Waals surface area contributed by atoms with E-state index < -0.39 is 0 Å². The fourth-order valence-electron chi connectivity index (χ4n) is 3.12. The summed E-state index contributed by atoms with van der Waals surface area (Å²) in [6, 6.07) is 0. The molecule has 0 bridgehead atoms. The molecule has 102 valence electrons. The molecular formula is C15H26N2O. The Balaban J connectivity index is 1.82. The maximum Gasteiger partial charge on any atom is 0.225 e. The van der Waals surface area contributed by atoms with Gasteiger partial charge in [-0.05, 0) is 45.6 Å². The normalized spacial score (nSPS) is 30.2. The number of hydrogen-bond donors (Lipinski definition) is 0. The highest BCUT2D eigenvalue weighted by Gasteiger charge is 2.30. The van der Waals surface area contributed by atoms with E-state index in [0.717, 1.165) is 51.9 Å². The molecule has 2 fully saturated rings. The van der Waals surface area contributed by atoms with Crippen LogP contribution in [0.25, 0.3) is 0 Å². The second-order valence-electron chi connectivity index (χ2n) is 6.02. The molecular weight excluding hydrogens is 224 g/mol. The summed E-state index contributed by atoms with van der Waals surface area (Å²) in [5.74, 6) is 1.34. The van der Waals surface area contributed by atoms with Gasteiger partial charge in [-0.2, -0.15) is 0 Å². The minimum Gasteiger partial charge on any atom is -0.340 e. The molecule has 0 spiro atoms. The van der Waals surface area contributed by atoms with E-state index in [1.165, 1.54) is 5.57 Å². The molecule has 3 heteroatoms. The highest BCUT2D eigenvalue weighted by molar-refractivity contribution is 5.79. The van der Waals surface area contributed by atoms with Gasteiger partial charge >= 0.3 is 0 Å². The van der Waals surface area contributed by atoms with Crippen LogP contribution in [-0.4, -0.2) is 48.9 Å². The molecule has 2 aliphatic rings. The number of hydrogen-bond acceptors (Lipinski definition) is 2. The van der Waals surface area contributed by atoms with Crippen molar-refractivity contribution in [3.63, 3.8) is 0 Å². The predicted molar refractivity (Wildman–Crippen MR) is 74.3 cm³/mol. The van der Waals surface area contributed by atoms with Crippen molar-refractivity contribution in [1.82, 2.24) is 9.80 Å². The highest BCUT2D eigenvalue weighted by atomic mass is 16.2. The molecule has 0 aromatic carbocycles. The number of rotatable bonds is 2. The van der Waals surface area contributed by atoms with Gasteiger partial charge in [-0.1, -0.05) is 12.2 Å². The quantitative estimate of drug-likeness (QED) is 0.701. The number of carbonyl (C=O) groups excluding carboxylic acids is 1. The Labute approximate surface area is 111 Å². The fraction of sp³-hybridized carbons (Fsp3) is 0.800. The minimum atomic E-state index is 0.281. The second-order valence-corrected chi connectivity index (χ2v) is 6.02. The molecule has 2 rings (SSSR count). The Morgan fingerprint density at radius 1 is 1.00 bits per heavy atom. The Morgan fingerprint density at radius 2 is 1.50 bits per heavy atom. The number of amides is 1. The first kappa shape index (κ1) is 13.6. The molecule has 0 aromatic heterocycles. The van der Waals surface area contributed by atoms with E-state index in [1.807, 2.05) is 0 Å². The summed E-state index contributed by atoms with van der Waals surface area (Å²) < 4.78 is 0. The van der Waals surface area contributed by atoms with Crippen LogP contribution < -0.4 is 0 Å². The summed E-state index contributed by atoms with van der Waals surface area (Å²) in [7, 11) is 2.12. The third-order valence-electron chi connectivity index (χ3n) is 4.59. The highest BCUT2D eigenvalue weighted by Crippen LogP contribution is 2.33. The Morgan fingerprint density at radius 3 is 2.00 bits per heavy atom. The van der Waals surface area contributed by atoms with Crippen molar-refractivity contribution in [1.29, 1.82) is 0 Å². The van der Waals surface area contributed by atoms with Gasteiger partial charge in [0.1, 0.15) is 0 Å². The van der Waals surface area contributed by atoms with Crippen molar-refractivity contribution in [2.24, 2.45) is 11.8 Å². The van der Waals surface area contributed by atoms with Crippen LogP contribution in [0.4, 0.5) is 0 Å². The van der Waals surface area contributed by atoms with Gasteiger partial charge in [0, 0.05) is 32.1 Å². The first-order valence-corrected chi connectivity index (χ1v) is 7.20. The van der Waals surface area contributed by atoms with Crippen LogP contribution in [0.2, 0.25) is 0 Å². The average Bonchev–Trinajstić information content (AvgIpc) is 2.39. The molecule has 0 unspecified atom stereocenters. The van der Waals surface area contributed by atoms with Gasteiger partial charge in [0.25, 0.3) is 0 Å². The summed E-state index contributed by atoms with van der Waals surface area (Å²) >= 11 is 0. The van der Waals surface area contributed by atoms with Gasteiger partial charge in [0.2, 0.25) is 5.91 Å². The van der Waals surface area contributed by atoms with Crippen molar-refractivity contribution in [2.75, 3.05) is 33.2 Å². The standard InChI is InChI=1S/C15H26N2O/c1-12(2)13-4-6-14(7-5-13)15(18)17-10-8-16(3)9-11-17/h13-14H,1,4-11H2,2-3H3. The van der Waals surface area contributed by atoms with E-state index >= 15 is 0 Å². The zero-order valence-corrected chi connectivity index (χ0v) is 11.8. The van der Waals surface area contributed by atoms with Crippen LogP contribution >= 0.6 is 0 Å². The number of nitrogens with zero attached hydrogens (tertiary/aromatic N) is 2. The van der Waals surface area contributed by atoms with Crippen LogP contribution in [0.5, 0.6) is 0 Å². The number of likely N-dealkylation sites (N-methyl/N-ethyl adjacent to an activating group) is 1. The summed E-state index contributed by atoms with van der Waals surface area (Å²) in [5, 5.41) is 0. The number of carbonyl (C=O) groups is 1. The molecule has 1 saturated carbocycles. The molecule has 1 aliphatic heterocycles. The summed E-state index contributed by atoms with van der Waals surface area (Å²) in [4.78, 5) is 16.8. The number of piperazine rings is 1. The molecule has 0 radical (unpaired) electrons. The van der Waals surface area contributed by atoms with E-state index in [4.69, 9.17) is 0 Å². The van der Waals surface area contributed by atoms with Gasteiger partial charge in [-0.15, -0.1) is 0 Å². The molecule has 3 nitrogen and oxygen atoms in total. The van der Waals surface area contributed by atoms with Crippen LogP contribution in [0.1, 0.15) is 32.6 Å². The van der Waals surface area contributed by atoms with Crippen molar-refractivity contribution >= 4 is 5.91 Å². The molecule has 1 amide bonds. The maximum absolute atomic E-state index is 12.4. The van der Waals surface area contributed by atoms with E-state index in [2.05, 4.69) is 30.4 Å². The lowest BCUT2D eigenvalue weighted by molar-refractivity contribution is -0.138. The molecule has 1 saturated heterocycles. The molecule has 0 atom stereocenters. The predicted octanol–water partition coefficient (Wildman–Crippen LogP) is 2.14. The zero-order chi connectivity index (χ0) is 13.1. The first-order valence-electron chi connectivity index (χ1n) is 7.20. The topological polar surface area (TPSA) is 23.6 Å². The van der Waals surface area contributed by atoms with Crippen LogP contribution in [0.3, 0.4) is 0 Å². The van der Waals surface area contributed by atoms with E-state index in [-0.39, 0.29) is 5.92 Å². The molecule has 1 aliphatic carbocycles.